The first-order valence-corrected chi connectivity index (χ1v) is 7.54. The standard InChI is InChI=1S/C13H14BrCl2NO/c14-12-4-3-10(16)6-11(12)13(18)17-7-8-1-2-9(15)5-8/h3-4,6,8-9H,1-2,5,7H2,(H,17,18). The number of nitrogens with one attached hydrogen (secondary N) is 1. The molecule has 0 bridgehead atoms. The van der Waals surface area contributed by atoms with Crippen LogP contribution in [-0.2, 0) is 0 Å². The monoisotopic (exact) mass is 349 g/mol. The van der Waals surface area contributed by atoms with Crippen LogP contribution in [0.3, 0.4) is 0 Å². The molecule has 98 valence electrons. The first-order chi connectivity index (χ1) is 8.56. The van der Waals surface area contributed by atoms with E-state index in [1.54, 1.807) is 18.2 Å². The van der Waals surface area contributed by atoms with Crippen molar-refractivity contribution in [3.05, 3.63) is 33.3 Å². The lowest BCUT2D eigenvalue weighted by Gasteiger charge is -2.11. The maximum Gasteiger partial charge on any atom is 0.252 e. The van der Waals surface area contributed by atoms with Gasteiger partial charge in [-0.3, -0.25) is 4.79 Å². The fourth-order valence-electron chi connectivity index (χ4n) is 2.20. The van der Waals surface area contributed by atoms with Gasteiger partial charge in [0, 0.05) is 21.4 Å². The first-order valence-electron chi connectivity index (χ1n) is 5.93. The first kappa shape index (κ1) is 14.2. The summed E-state index contributed by atoms with van der Waals surface area (Å²) in [5.74, 6) is 0.400. The lowest BCUT2D eigenvalue weighted by molar-refractivity contribution is 0.0946. The minimum absolute atomic E-state index is 0.0950. The van der Waals surface area contributed by atoms with Crippen LogP contribution < -0.4 is 5.32 Å². The second-order valence-corrected chi connectivity index (χ2v) is 6.52. The van der Waals surface area contributed by atoms with E-state index in [4.69, 9.17) is 23.2 Å². The van der Waals surface area contributed by atoms with Crippen LogP contribution in [0.25, 0.3) is 0 Å². The second kappa shape index (κ2) is 6.27. The zero-order chi connectivity index (χ0) is 13.1. The maximum absolute atomic E-state index is 12.0. The van der Waals surface area contributed by atoms with E-state index >= 15 is 0 Å². The molecule has 2 nitrogen and oxygen atoms in total. The van der Waals surface area contributed by atoms with Gasteiger partial charge < -0.3 is 5.32 Å². The van der Waals surface area contributed by atoms with E-state index in [2.05, 4.69) is 21.2 Å². The molecule has 5 heteroatoms. The number of carbonyl (C=O) groups is 1. The minimum Gasteiger partial charge on any atom is -0.352 e. The molecular formula is C13H14BrCl2NO. The van der Waals surface area contributed by atoms with E-state index in [9.17, 15) is 4.79 Å². The van der Waals surface area contributed by atoms with E-state index < -0.39 is 0 Å². The van der Waals surface area contributed by atoms with E-state index in [-0.39, 0.29) is 11.3 Å². The van der Waals surface area contributed by atoms with Crippen LogP contribution in [0.15, 0.2) is 22.7 Å². The summed E-state index contributed by atoms with van der Waals surface area (Å²) >= 11 is 15.3. The van der Waals surface area contributed by atoms with Crippen LogP contribution in [0.1, 0.15) is 29.6 Å². The van der Waals surface area contributed by atoms with Gasteiger partial charge in [0.1, 0.15) is 0 Å². The molecular weight excluding hydrogens is 337 g/mol. The summed E-state index contributed by atoms with van der Waals surface area (Å²) in [7, 11) is 0. The third-order valence-corrected chi connectivity index (χ3v) is 4.52. The van der Waals surface area contributed by atoms with Crippen molar-refractivity contribution in [2.45, 2.75) is 24.6 Å². The molecule has 18 heavy (non-hydrogen) atoms. The van der Waals surface area contributed by atoms with Crippen LogP contribution in [-0.4, -0.2) is 17.8 Å². The SMILES string of the molecule is O=C(NCC1CCC(Cl)C1)c1cc(Cl)ccc1Br. The summed E-state index contributed by atoms with van der Waals surface area (Å²) in [6.45, 7) is 0.682. The average Bonchev–Trinajstić information content (AvgIpc) is 2.75. The van der Waals surface area contributed by atoms with E-state index in [1.165, 1.54) is 0 Å². The van der Waals surface area contributed by atoms with Crippen LogP contribution in [0.2, 0.25) is 5.02 Å². The van der Waals surface area contributed by atoms with Crippen molar-refractivity contribution in [2.24, 2.45) is 5.92 Å². The average molecular weight is 351 g/mol. The molecule has 1 aliphatic carbocycles. The molecule has 1 aromatic rings. The molecule has 1 fully saturated rings. The summed E-state index contributed by atoms with van der Waals surface area (Å²) in [5.41, 5.74) is 0.572. The molecule has 0 aromatic heterocycles. The van der Waals surface area contributed by atoms with Crippen molar-refractivity contribution in [3.63, 3.8) is 0 Å². The second-order valence-electron chi connectivity index (χ2n) is 4.61. The van der Waals surface area contributed by atoms with Crippen molar-refractivity contribution in [1.29, 1.82) is 0 Å². The normalized spacial score (nSPS) is 23.1. The maximum atomic E-state index is 12.0. The molecule has 1 saturated carbocycles. The number of alkyl halides is 1. The molecule has 1 aromatic carbocycles. The fourth-order valence-corrected chi connectivity index (χ4v) is 3.18. The van der Waals surface area contributed by atoms with Gasteiger partial charge in [0.15, 0.2) is 0 Å². The Morgan fingerprint density at radius 1 is 1.44 bits per heavy atom. The van der Waals surface area contributed by atoms with Crippen molar-refractivity contribution in [1.82, 2.24) is 5.32 Å². The third-order valence-electron chi connectivity index (χ3n) is 3.20. The van der Waals surface area contributed by atoms with Crippen LogP contribution in [0.5, 0.6) is 0 Å². The van der Waals surface area contributed by atoms with Gasteiger partial charge in [-0.15, -0.1) is 11.6 Å². The number of halogens is 3. The topological polar surface area (TPSA) is 29.1 Å². The highest BCUT2D eigenvalue weighted by molar-refractivity contribution is 9.10. The molecule has 2 atom stereocenters. The number of hydrogen-bond acceptors (Lipinski definition) is 1. The van der Waals surface area contributed by atoms with Crippen molar-refractivity contribution in [2.75, 3.05) is 6.54 Å². The molecule has 0 radical (unpaired) electrons. The molecule has 1 N–H and O–H groups in total. The van der Waals surface area contributed by atoms with Gasteiger partial charge >= 0.3 is 0 Å². The number of benzene rings is 1. The lowest BCUT2D eigenvalue weighted by Crippen LogP contribution is -2.28. The Morgan fingerprint density at radius 3 is 2.89 bits per heavy atom. The van der Waals surface area contributed by atoms with Gasteiger partial charge in [0.25, 0.3) is 5.91 Å². The lowest BCUT2D eigenvalue weighted by atomic mass is 10.1. The van der Waals surface area contributed by atoms with Crippen molar-refractivity contribution in [3.8, 4) is 0 Å². The number of hydrogen-bond donors (Lipinski definition) is 1. The molecule has 0 saturated heterocycles. The zero-order valence-corrected chi connectivity index (χ0v) is 12.9. The summed E-state index contributed by atoms with van der Waals surface area (Å²) in [5, 5.41) is 3.77. The number of rotatable bonds is 3. The molecule has 0 spiro atoms. The van der Waals surface area contributed by atoms with Gasteiger partial charge in [-0.2, -0.15) is 0 Å². The third kappa shape index (κ3) is 3.62. The van der Waals surface area contributed by atoms with Crippen molar-refractivity contribution >= 4 is 45.0 Å². The quantitative estimate of drug-likeness (QED) is 0.811. The predicted molar refractivity (Wildman–Crippen MR) is 78.5 cm³/mol. The Hall–Kier alpha value is -0.250. The van der Waals surface area contributed by atoms with Gasteiger partial charge in [-0.05, 0) is 59.3 Å². The van der Waals surface area contributed by atoms with Crippen LogP contribution >= 0.6 is 39.1 Å². The van der Waals surface area contributed by atoms with Gasteiger partial charge in [0.2, 0.25) is 0 Å². The Balaban J connectivity index is 1.93. The van der Waals surface area contributed by atoms with E-state index in [0.717, 1.165) is 23.7 Å². The molecule has 1 amide bonds. The summed E-state index contributed by atoms with van der Waals surface area (Å²) in [6.07, 6.45) is 3.12. The highest BCUT2D eigenvalue weighted by Gasteiger charge is 2.23. The zero-order valence-electron chi connectivity index (χ0n) is 9.76. The largest absolute Gasteiger partial charge is 0.352 e. The number of amides is 1. The number of carbonyl (C=O) groups excluding carboxylic acids is 1. The van der Waals surface area contributed by atoms with Crippen LogP contribution in [0.4, 0.5) is 0 Å². The fraction of sp³-hybridized carbons (Fsp3) is 0.462. The van der Waals surface area contributed by atoms with E-state index in [1.807, 2.05) is 0 Å². The van der Waals surface area contributed by atoms with E-state index in [0.29, 0.717) is 23.0 Å². The molecule has 0 heterocycles. The Morgan fingerprint density at radius 2 is 2.22 bits per heavy atom. The Bertz CT molecular complexity index is 453. The van der Waals surface area contributed by atoms with Crippen molar-refractivity contribution < 1.29 is 4.79 Å². The summed E-state index contributed by atoms with van der Waals surface area (Å²) in [6, 6.07) is 5.19. The minimum atomic E-state index is -0.0950. The highest BCUT2D eigenvalue weighted by Crippen LogP contribution is 2.29. The van der Waals surface area contributed by atoms with Gasteiger partial charge in [-0.1, -0.05) is 11.6 Å². The predicted octanol–water partition coefficient (Wildman–Crippen LogP) is 4.24. The Labute approximate surface area is 125 Å². The van der Waals surface area contributed by atoms with Crippen LogP contribution in [0, 0.1) is 5.92 Å². The van der Waals surface area contributed by atoms with Gasteiger partial charge in [0.05, 0.1) is 5.56 Å². The summed E-state index contributed by atoms with van der Waals surface area (Å²) in [4.78, 5) is 12.0. The molecule has 2 rings (SSSR count). The highest BCUT2D eigenvalue weighted by atomic mass is 79.9. The smallest absolute Gasteiger partial charge is 0.252 e. The molecule has 2 unspecified atom stereocenters. The molecule has 1 aliphatic rings. The summed E-state index contributed by atoms with van der Waals surface area (Å²) < 4.78 is 0.756. The van der Waals surface area contributed by atoms with Gasteiger partial charge in [-0.25, -0.2) is 0 Å². The Kier molecular flexibility index (Phi) is 4.93. The molecule has 0 aliphatic heterocycles.